The number of hydrogen-bond acceptors (Lipinski definition) is 6. The van der Waals surface area contributed by atoms with Crippen molar-refractivity contribution >= 4 is 17.9 Å². The highest BCUT2D eigenvalue weighted by Gasteiger charge is 2.40. The highest BCUT2D eigenvalue weighted by atomic mass is 16.6. The molecule has 0 aromatic rings. The van der Waals surface area contributed by atoms with Gasteiger partial charge in [0.2, 0.25) is 0 Å². The number of carbonyl (C=O) groups is 3. The van der Waals surface area contributed by atoms with Crippen molar-refractivity contribution in [1.29, 1.82) is 0 Å². The van der Waals surface area contributed by atoms with E-state index in [2.05, 4.69) is 0 Å². The van der Waals surface area contributed by atoms with Crippen LogP contribution in [0.2, 0.25) is 0 Å². The highest BCUT2D eigenvalue weighted by molar-refractivity contribution is 5.88. The van der Waals surface area contributed by atoms with E-state index in [-0.39, 0.29) is 0 Å². The van der Waals surface area contributed by atoms with Crippen molar-refractivity contribution in [3.05, 3.63) is 0 Å². The maximum absolute atomic E-state index is 10.3. The first-order valence-electron chi connectivity index (χ1n) is 5.33. The fraction of sp³-hybridized carbons (Fsp3) is 0.700. The van der Waals surface area contributed by atoms with Gasteiger partial charge in [-0.05, 0) is 0 Å². The Bertz CT molecular complexity index is 293. The van der Waals surface area contributed by atoms with E-state index in [1.165, 1.54) is 0 Å². The largest absolute Gasteiger partial charge is 0.481 e. The Morgan fingerprint density at radius 1 is 0.842 bits per heavy atom. The molecule has 0 aliphatic carbocycles. The average Bonchev–Trinajstić information content (AvgIpc) is 2.29. The first-order chi connectivity index (χ1) is 8.78. The number of rotatable bonds is 5. The van der Waals surface area contributed by atoms with Gasteiger partial charge in [0, 0.05) is 0 Å². The van der Waals surface area contributed by atoms with Gasteiger partial charge in [-0.2, -0.15) is 0 Å². The molecular formula is C10H16O9. The molecule has 0 aromatic heterocycles. The number of ether oxygens (including phenoxy) is 2. The minimum atomic E-state index is -2.74. The van der Waals surface area contributed by atoms with Gasteiger partial charge in [0.25, 0.3) is 0 Å². The van der Waals surface area contributed by atoms with Crippen LogP contribution in [0.25, 0.3) is 0 Å². The first kappa shape index (κ1) is 17.3. The van der Waals surface area contributed by atoms with E-state index < -0.39 is 36.4 Å². The van der Waals surface area contributed by atoms with Gasteiger partial charge >= 0.3 is 17.9 Å². The van der Waals surface area contributed by atoms with Crippen molar-refractivity contribution < 1.29 is 44.3 Å². The third-order valence-corrected chi connectivity index (χ3v) is 2.03. The van der Waals surface area contributed by atoms with Gasteiger partial charge in [-0.3, -0.25) is 9.59 Å². The van der Waals surface area contributed by atoms with Crippen LogP contribution in [0.1, 0.15) is 12.8 Å². The van der Waals surface area contributed by atoms with Crippen molar-refractivity contribution in [3.8, 4) is 0 Å². The maximum atomic E-state index is 10.3. The lowest BCUT2D eigenvalue weighted by atomic mass is 9.96. The normalized spacial score (nSPS) is 15.0. The van der Waals surface area contributed by atoms with E-state index in [0.29, 0.717) is 0 Å². The van der Waals surface area contributed by atoms with Gasteiger partial charge in [-0.15, -0.1) is 0 Å². The van der Waals surface area contributed by atoms with Crippen molar-refractivity contribution in [2.75, 3.05) is 26.4 Å². The first-order valence-corrected chi connectivity index (χ1v) is 5.33. The fourth-order valence-corrected chi connectivity index (χ4v) is 1.15. The topological polar surface area (TPSA) is 151 Å². The number of aliphatic carboxylic acids is 3. The predicted molar refractivity (Wildman–Crippen MR) is 58.7 cm³/mol. The fourth-order valence-electron chi connectivity index (χ4n) is 1.15. The summed E-state index contributed by atoms with van der Waals surface area (Å²) in [5.74, 6) is -5.02. The van der Waals surface area contributed by atoms with Crippen molar-refractivity contribution in [3.63, 3.8) is 0 Å². The summed E-state index contributed by atoms with van der Waals surface area (Å²) >= 11 is 0. The molecule has 1 heterocycles. The number of carboxylic acids is 3. The van der Waals surface area contributed by atoms with Crippen LogP contribution in [0.4, 0.5) is 0 Å². The van der Waals surface area contributed by atoms with Crippen molar-refractivity contribution in [1.82, 2.24) is 0 Å². The second-order valence-electron chi connectivity index (χ2n) is 3.70. The van der Waals surface area contributed by atoms with Gasteiger partial charge in [0.1, 0.15) is 0 Å². The van der Waals surface area contributed by atoms with E-state index in [9.17, 15) is 14.4 Å². The standard InChI is InChI=1S/C6H8O7.C4H8O2/c7-3(8)1-6(13,5(11)12)2-4(9)10;1-2-6-4-3-5-1/h13H,1-2H2,(H,7,8)(H,9,10)(H,11,12);1-4H2. The zero-order valence-electron chi connectivity index (χ0n) is 10.1. The summed E-state index contributed by atoms with van der Waals surface area (Å²) in [5, 5.41) is 33.8. The molecule has 0 unspecified atom stereocenters. The molecule has 0 atom stereocenters. The van der Waals surface area contributed by atoms with E-state index in [1.54, 1.807) is 0 Å². The van der Waals surface area contributed by atoms with E-state index in [0.717, 1.165) is 26.4 Å². The molecule has 0 aromatic carbocycles. The summed E-state index contributed by atoms with van der Waals surface area (Å²) < 4.78 is 9.89. The van der Waals surface area contributed by atoms with Crippen LogP contribution in [0.3, 0.4) is 0 Å². The van der Waals surface area contributed by atoms with Gasteiger partial charge < -0.3 is 29.9 Å². The zero-order chi connectivity index (χ0) is 14.9. The molecule has 110 valence electrons. The number of carboxylic acid groups (broad SMARTS) is 3. The van der Waals surface area contributed by atoms with Crippen molar-refractivity contribution in [2.45, 2.75) is 18.4 Å². The predicted octanol–water partition coefficient (Wildman–Crippen LogP) is -1.22. The smallest absolute Gasteiger partial charge is 0.336 e. The van der Waals surface area contributed by atoms with Gasteiger partial charge in [0.05, 0.1) is 39.3 Å². The Morgan fingerprint density at radius 2 is 1.16 bits per heavy atom. The monoisotopic (exact) mass is 280 g/mol. The van der Waals surface area contributed by atoms with E-state index in [4.69, 9.17) is 29.9 Å². The second kappa shape index (κ2) is 8.40. The van der Waals surface area contributed by atoms with Gasteiger partial charge in [0.15, 0.2) is 5.60 Å². The molecule has 0 radical (unpaired) electrons. The summed E-state index contributed by atoms with van der Waals surface area (Å²) in [6.45, 7) is 3.11. The summed E-state index contributed by atoms with van der Waals surface area (Å²) in [5.41, 5.74) is -2.74. The quantitative estimate of drug-likeness (QED) is 0.486. The van der Waals surface area contributed by atoms with Crippen LogP contribution >= 0.6 is 0 Å². The Kier molecular flexibility index (Phi) is 7.65. The zero-order valence-corrected chi connectivity index (χ0v) is 10.1. The SMILES string of the molecule is C1COCCO1.O=C(O)CC(O)(CC(=O)O)C(=O)O. The highest BCUT2D eigenvalue weighted by Crippen LogP contribution is 2.15. The molecule has 1 fully saturated rings. The van der Waals surface area contributed by atoms with Crippen LogP contribution in [0.5, 0.6) is 0 Å². The summed E-state index contributed by atoms with van der Waals surface area (Å²) in [6.07, 6.45) is -2.29. The van der Waals surface area contributed by atoms with Crippen LogP contribution in [0.15, 0.2) is 0 Å². The molecule has 4 N–H and O–H groups in total. The van der Waals surface area contributed by atoms with Gasteiger partial charge in [-0.1, -0.05) is 0 Å². The van der Waals surface area contributed by atoms with E-state index >= 15 is 0 Å². The molecule has 19 heavy (non-hydrogen) atoms. The summed E-state index contributed by atoms with van der Waals surface area (Å²) in [6, 6.07) is 0. The molecule has 1 aliphatic rings. The molecule has 0 spiro atoms. The Morgan fingerprint density at radius 3 is 1.32 bits per heavy atom. The molecule has 9 heteroatoms. The Balaban J connectivity index is 0.000000443. The van der Waals surface area contributed by atoms with Crippen LogP contribution in [-0.2, 0) is 23.9 Å². The minimum absolute atomic E-state index is 0.778. The molecule has 0 bridgehead atoms. The second-order valence-corrected chi connectivity index (χ2v) is 3.70. The minimum Gasteiger partial charge on any atom is -0.481 e. The van der Waals surface area contributed by atoms with Gasteiger partial charge in [-0.25, -0.2) is 4.79 Å². The van der Waals surface area contributed by atoms with Crippen LogP contribution < -0.4 is 0 Å². The molecular weight excluding hydrogens is 264 g/mol. The lowest BCUT2D eigenvalue weighted by Gasteiger charge is -2.18. The van der Waals surface area contributed by atoms with E-state index in [1.807, 2.05) is 0 Å². The van der Waals surface area contributed by atoms with Crippen LogP contribution in [-0.4, -0.2) is 70.4 Å². The maximum Gasteiger partial charge on any atom is 0.336 e. The van der Waals surface area contributed by atoms with Crippen molar-refractivity contribution in [2.24, 2.45) is 0 Å². The Labute approximate surface area is 108 Å². The third kappa shape index (κ3) is 8.08. The molecule has 1 aliphatic heterocycles. The average molecular weight is 280 g/mol. The molecule has 0 amide bonds. The number of hydrogen-bond donors (Lipinski definition) is 4. The summed E-state index contributed by atoms with van der Waals surface area (Å²) in [7, 11) is 0. The van der Waals surface area contributed by atoms with Crippen LogP contribution in [0, 0.1) is 0 Å². The molecule has 9 nitrogen and oxygen atoms in total. The lowest BCUT2D eigenvalue weighted by molar-refractivity contribution is -0.170. The molecule has 1 saturated heterocycles. The lowest BCUT2D eigenvalue weighted by Crippen LogP contribution is -2.42. The number of aliphatic hydroxyl groups is 1. The molecule has 1 rings (SSSR count). The summed E-state index contributed by atoms with van der Waals surface area (Å²) in [4.78, 5) is 30.5. The molecule has 0 saturated carbocycles. The third-order valence-electron chi connectivity index (χ3n) is 2.03. The Hall–Kier alpha value is -1.71.